The van der Waals surface area contributed by atoms with E-state index in [9.17, 15) is 4.79 Å². The summed E-state index contributed by atoms with van der Waals surface area (Å²) >= 11 is 0. The molecule has 0 aromatic carbocycles. The zero-order valence-corrected chi connectivity index (χ0v) is 9.69. The summed E-state index contributed by atoms with van der Waals surface area (Å²) in [6.45, 7) is 1.96. The molecule has 0 bridgehead atoms. The van der Waals surface area contributed by atoms with Crippen LogP contribution in [0.5, 0.6) is 0 Å². The first-order valence-corrected chi connectivity index (χ1v) is 5.65. The van der Waals surface area contributed by atoms with Gasteiger partial charge in [0.05, 0.1) is 11.4 Å². The van der Waals surface area contributed by atoms with Crippen LogP contribution in [-0.2, 0) is 18.2 Å². The Morgan fingerprint density at radius 3 is 2.75 bits per heavy atom. The van der Waals surface area contributed by atoms with E-state index in [2.05, 4.69) is 5.10 Å². The Labute approximate surface area is 94.6 Å². The standard InChI is InChI=1S/C11H17N3O2/c1-3-8-9(12)10(14(2)13-8)11(15)16-7-5-4-6-7/h7H,3-6,12H2,1-2H3. The van der Waals surface area contributed by atoms with Crippen molar-refractivity contribution in [2.75, 3.05) is 5.73 Å². The fourth-order valence-corrected chi connectivity index (χ4v) is 1.79. The van der Waals surface area contributed by atoms with Gasteiger partial charge in [0, 0.05) is 7.05 Å². The predicted octanol–water partition coefficient (Wildman–Crippen LogP) is 1.27. The molecule has 0 radical (unpaired) electrons. The van der Waals surface area contributed by atoms with E-state index in [1.807, 2.05) is 6.92 Å². The molecule has 1 aliphatic carbocycles. The fourth-order valence-electron chi connectivity index (χ4n) is 1.79. The van der Waals surface area contributed by atoms with Crippen LogP contribution in [0.3, 0.4) is 0 Å². The highest BCUT2D eigenvalue weighted by atomic mass is 16.5. The van der Waals surface area contributed by atoms with Crippen molar-refractivity contribution < 1.29 is 9.53 Å². The highest BCUT2D eigenvalue weighted by molar-refractivity contribution is 5.94. The van der Waals surface area contributed by atoms with Gasteiger partial charge < -0.3 is 10.5 Å². The smallest absolute Gasteiger partial charge is 0.359 e. The van der Waals surface area contributed by atoms with E-state index < -0.39 is 0 Å². The molecular formula is C11H17N3O2. The molecule has 0 aliphatic heterocycles. The largest absolute Gasteiger partial charge is 0.458 e. The van der Waals surface area contributed by atoms with Gasteiger partial charge in [0.15, 0.2) is 5.69 Å². The van der Waals surface area contributed by atoms with Crippen LogP contribution in [0.4, 0.5) is 5.69 Å². The van der Waals surface area contributed by atoms with Crippen molar-refractivity contribution in [1.82, 2.24) is 9.78 Å². The molecule has 88 valence electrons. The van der Waals surface area contributed by atoms with E-state index >= 15 is 0 Å². The van der Waals surface area contributed by atoms with E-state index in [1.165, 1.54) is 4.68 Å². The zero-order chi connectivity index (χ0) is 11.7. The number of rotatable bonds is 3. The summed E-state index contributed by atoms with van der Waals surface area (Å²) in [4.78, 5) is 11.9. The molecule has 2 N–H and O–H groups in total. The SMILES string of the molecule is CCc1nn(C)c(C(=O)OC2CCC2)c1N. The van der Waals surface area contributed by atoms with Gasteiger partial charge in [0.25, 0.3) is 0 Å². The lowest BCUT2D eigenvalue weighted by Gasteiger charge is -2.25. The van der Waals surface area contributed by atoms with Crippen molar-refractivity contribution in [3.63, 3.8) is 0 Å². The minimum atomic E-state index is -0.350. The van der Waals surface area contributed by atoms with Gasteiger partial charge in [0.1, 0.15) is 6.10 Å². The fraction of sp³-hybridized carbons (Fsp3) is 0.636. The number of carbonyl (C=O) groups is 1. The van der Waals surface area contributed by atoms with Crippen LogP contribution in [0.25, 0.3) is 0 Å². The van der Waals surface area contributed by atoms with Crippen LogP contribution in [0.2, 0.25) is 0 Å². The third-order valence-corrected chi connectivity index (χ3v) is 3.01. The van der Waals surface area contributed by atoms with Gasteiger partial charge in [-0.15, -0.1) is 0 Å². The van der Waals surface area contributed by atoms with Crippen molar-refractivity contribution in [2.45, 2.75) is 38.7 Å². The first kappa shape index (κ1) is 11.0. The highest BCUT2D eigenvalue weighted by Gasteiger charge is 2.26. The predicted molar refractivity (Wildman–Crippen MR) is 60.1 cm³/mol. The molecule has 5 nitrogen and oxygen atoms in total. The van der Waals surface area contributed by atoms with Crippen molar-refractivity contribution >= 4 is 11.7 Å². The number of carbonyl (C=O) groups excluding carboxylic acids is 1. The van der Waals surface area contributed by atoms with Gasteiger partial charge in [-0.3, -0.25) is 4.68 Å². The number of hydrogen-bond acceptors (Lipinski definition) is 4. The van der Waals surface area contributed by atoms with Crippen LogP contribution in [-0.4, -0.2) is 21.9 Å². The molecular weight excluding hydrogens is 206 g/mol. The van der Waals surface area contributed by atoms with Gasteiger partial charge in [-0.05, 0) is 25.7 Å². The quantitative estimate of drug-likeness (QED) is 0.783. The Morgan fingerprint density at radius 2 is 2.31 bits per heavy atom. The Morgan fingerprint density at radius 1 is 1.62 bits per heavy atom. The van der Waals surface area contributed by atoms with Crippen LogP contribution in [0, 0.1) is 0 Å². The number of nitrogens with zero attached hydrogens (tertiary/aromatic N) is 2. The summed E-state index contributed by atoms with van der Waals surface area (Å²) in [6, 6.07) is 0. The summed E-state index contributed by atoms with van der Waals surface area (Å²) in [5.74, 6) is -0.350. The number of ether oxygens (including phenoxy) is 1. The summed E-state index contributed by atoms with van der Waals surface area (Å²) in [7, 11) is 1.72. The molecule has 1 aliphatic rings. The second kappa shape index (κ2) is 4.15. The molecule has 16 heavy (non-hydrogen) atoms. The summed E-state index contributed by atoms with van der Waals surface area (Å²) in [5, 5.41) is 4.19. The third kappa shape index (κ3) is 1.77. The number of esters is 1. The van der Waals surface area contributed by atoms with E-state index in [4.69, 9.17) is 10.5 Å². The molecule has 0 atom stereocenters. The highest BCUT2D eigenvalue weighted by Crippen LogP contribution is 2.25. The second-order valence-corrected chi connectivity index (χ2v) is 4.14. The van der Waals surface area contributed by atoms with Crippen LogP contribution >= 0.6 is 0 Å². The topological polar surface area (TPSA) is 70.1 Å². The normalized spacial score (nSPS) is 15.9. The van der Waals surface area contributed by atoms with Gasteiger partial charge in [-0.25, -0.2) is 4.79 Å². The first-order valence-electron chi connectivity index (χ1n) is 5.65. The van der Waals surface area contributed by atoms with Gasteiger partial charge in [-0.2, -0.15) is 5.10 Å². The van der Waals surface area contributed by atoms with E-state index in [0.717, 1.165) is 31.4 Å². The number of anilines is 1. The van der Waals surface area contributed by atoms with Crippen molar-refractivity contribution in [3.05, 3.63) is 11.4 Å². The Bertz CT molecular complexity index is 408. The number of nitrogens with two attached hydrogens (primary N) is 1. The van der Waals surface area contributed by atoms with Gasteiger partial charge in [-0.1, -0.05) is 6.92 Å². The molecule has 1 saturated carbocycles. The van der Waals surface area contributed by atoms with E-state index in [0.29, 0.717) is 11.4 Å². The summed E-state index contributed by atoms with van der Waals surface area (Å²) in [5.41, 5.74) is 7.45. The van der Waals surface area contributed by atoms with Crippen LogP contribution in [0.1, 0.15) is 42.4 Å². The van der Waals surface area contributed by atoms with Crippen LogP contribution < -0.4 is 5.73 Å². The average molecular weight is 223 g/mol. The van der Waals surface area contributed by atoms with Gasteiger partial charge >= 0.3 is 5.97 Å². The van der Waals surface area contributed by atoms with Crippen molar-refractivity contribution in [1.29, 1.82) is 0 Å². The van der Waals surface area contributed by atoms with Gasteiger partial charge in [0.2, 0.25) is 0 Å². The molecule has 2 rings (SSSR count). The number of aryl methyl sites for hydroxylation is 2. The molecule has 5 heteroatoms. The Kier molecular flexibility index (Phi) is 2.85. The maximum Gasteiger partial charge on any atom is 0.359 e. The first-order chi connectivity index (χ1) is 7.63. The molecule has 0 saturated heterocycles. The summed E-state index contributed by atoms with van der Waals surface area (Å²) in [6.07, 6.45) is 3.86. The van der Waals surface area contributed by atoms with Crippen LogP contribution in [0.15, 0.2) is 0 Å². The minimum Gasteiger partial charge on any atom is -0.458 e. The third-order valence-electron chi connectivity index (χ3n) is 3.01. The van der Waals surface area contributed by atoms with E-state index in [-0.39, 0.29) is 12.1 Å². The molecule has 0 spiro atoms. The van der Waals surface area contributed by atoms with Crippen molar-refractivity contribution in [2.24, 2.45) is 7.05 Å². The van der Waals surface area contributed by atoms with Crippen molar-refractivity contribution in [3.8, 4) is 0 Å². The minimum absolute atomic E-state index is 0.0758. The average Bonchev–Trinajstić information content (AvgIpc) is 2.47. The maximum atomic E-state index is 11.9. The van der Waals surface area contributed by atoms with E-state index in [1.54, 1.807) is 7.05 Å². The summed E-state index contributed by atoms with van der Waals surface area (Å²) < 4.78 is 6.82. The Balaban J connectivity index is 2.18. The molecule has 0 unspecified atom stereocenters. The number of aromatic nitrogens is 2. The lowest BCUT2D eigenvalue weighted by atomic mass is 9.96. The molecule has 1 fully saturated rings. The lowest BCUT2D eigenvalue weighted by molar-refractivity contribution is 0.00798. The molecule has 0 amide bonds. The Hall–Kier alpha value is -1.52. The molecule has 1 heterocycles. The number of nitrogen functional groups attached to an aromatic ring is 1. The lowest BCUT2D eigenvalue weighted by Crippen LogP contribution is -2.26. The number of hydrogen-bond donors (Lipinski definition) is 1. The molecule has 1 aromatic heterocycles. The maximum absolute atomic E-state index is 11.9. The second-order valence-electron chi connectivity index (χ2n) is 4.14. The molecule has 1 aromatic rings. The zero-order valence-electron chi connectivity index (χ0n) is 9.69. The monoisotopic (exact) mass is 223 g/mol.